The maximum absolute atomic E-state index is 8.55. The lowest BCUT2D eigenvalue weighted by Gasteiger charge is -2.32. The summed E-state index contributed by atoms with van der Waals surface area (Å²) in [4.78, 5) is 4.30. The average Bonchev–Trinajstić information content (AvgIpc) is 2.41. The standard InChI is InChI=1S/C13H22O2/c1-9(8-11(3)15-14)12-7-6-10(2)13(12,4)5/h6,11-12,14H,1,7-8H2,2-5H3. The molecule has 2 unspecified atom stereocenters. The Morgan fingerprint density at radius 1 is 1.73 bits per heavy atom. The molecule has 0 aromatic heterocycles. The number of rotatable bonds is 4. The van der Waals surface area contributed by atoms with Crippen molar-refractivity contribution in [2.24, 2.45) is 11.3 Å². The van der Waals surface area contributed by atoms with Gasteiger partial charge in [0.2, 0.25) is 0 Å². The molecule has 0 aliphatic heterocycles. The van der Waals surface area contributed by atoms with Gasteiger partial charge in [-0.25, -0.2) is 4.89 Å². The van der Waals surface area contributed by atoms with Crippen LogP contribution in [0.15, 0.2) is 23.8 Å². The summed E-state index contributed by atoms with van der Waals surface area (Å²) in [5.74, 6) is 0.482. The predicted molar refractivity (Wildman–Crippen MR) is 62.6 cm³/mol. The van der Waals surface area contributed by atoms with Crippen LogP contribution in [-0.4, -0.2) is 11.4 Å². The first kappa shape index (κ1) is 12.5. The maximum atomic E-state index is 8.55. The molecule has 0 saturated heterocycles. The van der Waals surface area contributed by atoms with Crippen LogP contribution in [0.1, 0.15) is 40.5 Å². The molecular formula is C13H22O2. The van der Waals surface area contributed by atoms with Crippen LogP contribution in [0.2, 0.25) is 0 Å². The van der Waals surface area contributed by atoms with Gasteiger partial charge in [0.25, 0.3) is 0 Å². The summed E-state index contributed by atoms with van der Waals surface area (Å²) in [7, 11) is 0. The van der Waals surface area contributed by atoms with Gasteiger partial charge in [-0.1, -0.05) is 37.6 Å². The fourth-order valence-corrected chi connectivity index (χ4v) is 2.35. The molecular weight excluding hydrogens is 188 g/mol. The molecule has 1 N–H and O–H groups in total. The SMILES string of the molecule is C=C(CC(C)OO)C1CC=C(C)C1(C)C. The third kappa shape index (κ3) is 2.50. The first-order valence-electron chi connectivity index (χ1n) is 5.54. The van der Waals surface area contributed by atoms with E-state index in [9.17, 15) is 0 Å². The van der Waals surface area contributed by atoms with Crippen LogP contribution in [0.3, 0.4) is 0 Å². The van der Waals surface area contributed by atoms with Crippen LogP contribution < -0.4 is 0 Å². The second kappa shape index (κ2) is 4.50. The van der Waals surface area contributed by atoms with E-state index in [4.69, 9.17) is 5.26 Å². The van der Waals surface area contributed by atoms with E-state index in [1.165, 1.54) is 11.1 Å². The molecule has 2 nitrogen and oxygen atoms in total. The molecule has 2 atom stereocenters. The van der Waals surface area contributed by atoms with Gasteiger partial charge in [0.1, 0.15) is 0 Å². The summed E-state index contributed by atoms with van der Waals surface area (Å²) in [5.41, 5.74) is 2.81. The highest BCUT2D eigenvalue weighted by atomic mass is 17.1. The molecule has 0 saturated carbocycles. The molecule has 0 aromatic carbocycles. The summed E-state index contributed by atoms with van der Waals surface area (Å²) in [6.45, 7) is 12.7. The Kier molecular flexibility index (Phi) is 3.74. The van der Waals surface area contributed by atoms with Crippen molar-refractivity contribution in [3.63, 3.8) is 0 Å². The van der Waals surface area contributed by atoms with Crippen molar-refractivity contribution in [1.29, 1.82) is 0 Å². The van der Waals surface area contributed by atoms with E-state index in [1.807, 2.05) is 6.92 Å². The molecule has 2 heteroatoms. The van der Waals surface area contributed by atoms with Gasteiger partial charge < -0.3 is 0 Å². The molecule has 0 bridgehead atoms. The Labute approximate surface area is 92.6 Å². The summed E-state index contributed by atoms with van der Waals surface area (Å²) in [5, 5.41) is 8.55. The Balaban J connectivity index is 2.64. The first-order chi connectivity index (χ1) is 6.89. The van der Waals surface area contributed by atoms with Crippen molar-refractivity contribution in [1.82, 2.24) is 0 Å². The largest absolute Gasteiger partial charge is 0.252 e. The zero-order chi connectivity index (χ0) is 11.6. The highest BCUT2D eigenvalue weighted by Crippen LogP contribution is 2.47. The monoisotopic (exact) mass is 210 g/mol. The van der Waals surface area contributed by atoms with E-state index in [2.05, 4.69) is 38.3 Å². The highest BCUT2D eigenvalue weighted by molar-refractivity contribution is 5.25. The van der Waals surface area contributed by atoms with Crippen molar-refractivity contribution < 1.29 is 10.1 Å². The normalized spacial score (nSPS) is 26.2. The third-order valence-electron chi connectivity index (χ3n) is 3.77. The molecule has 0 aromatic rings. The van der Waals surface area contributed by atoms with Crippen LogP contribution >= 0.6 is 0 Å². The lowest BCUT2D eigenvalue weighted by Crippen LogP contribution is -2.23. The van der Waals surface area contributed by atoms with Crippen LogP contribution in [-0.2, 0) is 4.89 Å². The number of hydrogen-bond acceptors (Lipinski definition) is 2. The van der Waals surface area contributed by atoms with E-state index < -0.39 is 0 Å². The van der Waals surface area contributed by atoms with Crippen LogP contribution in [0.25, 0.3) is 0 Å². The maximum Gasteiger partial charge on any atom is 0.0936 e. The molecule has 0 heterocycles. The van der Waals surface area contributed by atoms with Gasteiger partial charge in [-0.3, -0.25) is 5.26 Å². The predicted octanol–water partition coefficient (Wildman–Crippen LogP) is 3.80. The minimum absolute atomic E-state index is 0.158. The fourth-order valence-electron chi connectivity index (χ4n) is 2.35. The highest BCUT2D eigenvalue weighted by Gasteiger charge is 2.36. The molecule has 1 aliphatic rings. The molecule has 86 valence electrons. The van der Waals surface area contributed by atoms with E-state index >= 15 is 0 Å². The first-order valence-corrected chi connectivity index (χ1v) is 5.54. The van der Waals surface area contributed by atoms with Crippen LogP contribution in [0.4, 0.5) is 0 Å². The zero-order valence-electron chi connectivity index (χ0n) is 10.2. The van der Waals surface area contributed by atoms with Crippen molar-refractivity contribution >= 4 is 0 Å². The summed E-state index contributed by atoms with van der Waals surface area (Å²) >= 11 is 0. The molecule has 0 amide bonds. The topological polar surface area (TPSA) is 29.5 Å². The van der Waals surface area contributed by atoms with Crippen molar-refractivity contribution in [3.05, 3.63) is 23.8 Å². The van der Waals surface area contributed by atoms with Crippen LogP contribution in [0, 0.1) is 11.3 Å². The van der Waals surface area contributed by atoms with Crippen LogP contribution in [0.5, 0.6) is 0 Å². The van der Waals surface area contributed by atoms with Gasteiger partial charge >= 0.3 is 0 Å². The number of hydrogen-bond donors (Lipinski definition) is 1. The van der Waals surface area contributed by atoms with Gasteiger partial charge in [-0.05, 0) is 38.0 Å². The Morgan fingerprint density at radius 2 is 2.33 bits per heavy atom. The van der Waals surface area contributed by atoms with Gasteiger partial charge in [0.05, 0.1) is 6.10 Å². The van der Waals surface area contributed by atoms with Gasteiger partial charge in [-0.2, -0.15) is 0 Å². The Morgan fingerprint density at radius 3 is 2.73 bits per heavy atom. The fraction of sp³-hybridized carbons (Fsp3) is 0.692. The van der Waals surface area contributed by atoms with E-state index in [1.54, 1.807) is 0 Å². The summed E-state index contributed by atoms with van der Waals surface area (Å²) in [6.07, 6.45) is 3.93. The van der Waals surface area contributed by atoms with Gasteiger partial charge in [-0.15, -0.1) is 0 Å². The van der Waals surface area contributed by atoms with E-state index in [0.717, 1.165) is 12.8 Å². The van der Waals surface area contributed by atoms with Crippen molar-refractivity contribution in [2.45, 2.75) is 46.6 Å². The lowest BCUT2D eigenvalue weighted by molar-refractivity contribution is -0.273. The second-order valence-corrected chi connectivity index (χ2v) is 5.18. The minimum Gasteiger partial charge on any atom is -0.252 e. The molecule has 0 spiro atoms. The third-order valence-corrected chi connectivity index (χ3v) is 3.77. The number of allylic oxidation sites excluding steroid dienone is 2. The lowest BCUT2D eigenvalue weighted by atomic mass is 9.73. The molecule has 15 heavy (non-hydrogen) atoms. The van der Waals surface area contributed by atoms with Gasteiger partial charge in [0.15, 0.2) is 0 Å². The zero-order valence-corrected chi connectivity index (χ0v) is 10.2. The molecule has 0 radical (unpaired) electrons. The summed E-state index contributed by atoms with van der Waals surface area (Å²) < 4.78 is 0. The second-order valence-electron chi connectivity index (χ2n) is 5.18. The minimum atomic E-state index is -0.158. The molecule has 1 rings (SSSR count). The molecule has 0 fully saturated rings. The van der Waals surface area contributed by atoms with Gasteiger partial charge in [0, 0.05) is 0 Å². The van der Waals surface area contributed by atoms with Crippen molar-refractivity contribution in [2.75, 3.05) is 0 Å². The van der Waals surface area contributed by atoms with Crippen molar-refractivity contribution in [3.8, 4) is 0 Å². The smallest absolute Gasteiger partial charge is 0.0936 e. The molecule has 1 aliphatic carbocycles. The summed E-state index contributed by atoms with van der Waals surface area (Å²) in [6, 6.07) is 0. The Bertz CT molecular complexity index is 276. The van der Waals surface area contributed by atoms with E-state index in [0.29, 0.717) is 5.92 Å². The average molecular weight is 210 g/mol. The quantitative estimate of drug-likeness (QED) is 0.434. The Hall–Kier alpha value is -0.600. The van der Waals surface area contributed by atoms with E-state index in [-0.39, 0.29) is 11.5 Å².